The van der Waals surface area contributed by atoms with Crippen LogP contribution in [0.1, 0.15) is 41.5 Å². The van der Waals surface area contributed by atoms with Gasteiger partial charge in [0.15, 0.2) is 8.32 Å². The molecule has 0 spiro atoms. The van der Waals surface area contributed by atoms with Crippen LogP contribution in [0, 0.1) is 0 Å². The van der Waals surface area contributed by atoms with E-state index in [0.29, 0.717) is 0 Å². The number of hydrogen-bond acceptors (Lipinski definition) is 5. The summed E-state index contributed by atoms with van der Waals surface area (Å²) in [4.78, 5) is 31.3. The summed E-state index contributed by atoms with van der Waals surface area (Å²) in [5.41, 5.74) is -0.683. The Bertz CT molecular complexity index is 523. The molecule has 0 aliphatic carbocycles. The third kappa shape index (κ3) is 8.44. The summed E-state index contributed by atoms with van der Waals surface area (Å²) in [5, 5.41) is 1.10. The van der Waals surface area contributed by atoms with Crippen LogP contribution in [0.4, 0.5) is 4.79 Å². The number of hydrogen-bond donors (Lipinski definition) is 0. The molecule has 158 valence electrons. The molecule has 0 fully saturated rings. The van der Waals surface area contributed by atoms with E-state index in [1.54, 1.807) is 26.8 Å². The van der Waals surface area contributed by atoms with Gasteiger partial charge in [0.05, 0.1) is 19.8 Å². The molecule has 0 rings (SSSR count). The smallest absolute Gasteiger partial charge is 0.411 e. The van der Waals surface area contributed by atoms with Gasteiger partial charge < -0.3 is 9.16 Å². The second-order valence-electron chi connectivity index (χ2n) is 9.06. The number of likely N-dealkylation sites (N-methyl/N-ethyl adjacent to an activating group) is 1. The predicted molar refractivity (Wildman–Crippen MR) is 110 cm³/mol. The predicted octanol–water partition coefficient (Wildman–Crippen LogP) is 3.82. The van der Waals surface area contributed by atoms with Gasteiger partial charge in [-0.25, -0.2) is 9.86 Å². The Kier molecular flexibility index (Phi) is 9.21. The number of rotatable bonds is 8. The minimum atomic E-state index is -2.03. The molecule has 27 heavy (non-hydrogen) atoms. The first kappa shape index (κ1) is 25.6. The zero-order chi connectivity index (χ0) is 21.6. The summed E-state index contributed by atoms with van der Waals surface area (Å²) < 4.78 is 11.7. The van der Waals surface area contributed by atoms with E-state index in [2.05, 4.69) is 40.4 Å². The monoisotopic (exact) mass is 402 g/mol. The van der Waals surface area contributed by atoms with E-state index in [9.17, 15) is 9.59 Å². The van der Waals surface area contributed by atoms with Crippen LogP contribution in [0.5, 0.6) is 0 Å². The van der Waals surface area contributed by atoms with Crippen LogP contribution < -0.4 is 0 Å². The van der Waals surface area contributed by atoms with Gasteiger partial charge in [0, 0.05) is 7.05 Å². The molecule has 0 aromatic rings. The lowest BCUT2D eigenvalue weighted by Crippen LogP contribution is -2.51. The van der Waals surface area contributed by atoms with Crippen LogP contribution >= 0.6 is 0 Å². The highest BCUT2D eigenvalue weighted by atomic mass is 28.4. The topological polar surface area (TPSA) is 68.3 Å². The molecule has 0 aliphatic heterocycles. The Balaban J connectivity index is 5.49. The molecule has 1 atom stereocenters. The van der Waals surface area contributed by atoms with Gasteiger partial charge in [0.2, 0.25) is 0 Å². The summed E-state index contributed by atoms with van der Waals surface area (Å²) in [7, 11) is 0.854. The number of carbonyl (C=O) groups excluding carboxylic acids is 2. The first-order valence-electron chi connectivity index (χ1n) is 9.12. The summed E-state index contributed by atoms with van der Waals surface area (Å²) in [5.74, 6) is -0.373. The van der Waals surface area contributed by atoms with Crippen molar-refractivity contribution in [3.8, 4) is 0 Å². The van der Waals surface area contributed by atoms with Gasteiger partial charge in [0.1, 0.15) is 12.1 Å². The van der Waals surface area contributed by atoms with Crippen molar-refractivity contribution in [2.45, 2.75) is 71.3 Å². The molecule has 0 radical (unpaired) electrons. The lowest BCUT2D eigenvalue weighted by Gasteiger charge is -2.39. The number of nitrogens with zero attached hydrogens (tertiary/aromatic N) is 2. The van der Waals surface area contributed by atoms with Crippen molar-refractivity contribution in [1.29, 1.82) is 0 Å². The average Bonchev–Trinajstić information content (AvgIpc) is 2.50. The van der Waals surface area contributed by atoms with Crippen molar-refractivity contribution < 1.29 is 23.6 Å². The highest BCUT2D eigenvalue weighted by Crippen LogP contribution is 2.36. The van der Waals surface area contributed by atoms with E-state index in [4.69, 9.17) is 14.0 Å². The molecule has 0 bridgehead atoms. The Morgan fingerprint density at radius 1 is 1.15 bits per heavy atom. The zero-order valence-electron chi connectivity index (χ0n) is 18.7. The molecule has 2 amide bonds. The molecule has 0 saturated heterocycles. The maximum Gasteiger partial charge on any atom is 0.411 e. The van der Waals surface area contributed by atoms with E-state index < -0.39 is 26.1 Å². The van der Waals surface area contributed by atoms with Gasteiger partial charge in [-0.1, -0.05) is 26.8 Å². The molecule has 0 aromatic carbocycles. The lowest BCUT2D eigenvalue weighted by molar-refractivity contribution is -0.170. The summed E-state index contributed by atoms with van der Waals surface area (Å²) >= 11 is 0. The van der Waals surface area contributed by atoms with E-state index in [0.717, 1.165) is 5.06 Å². The van der Waals surface area contributed by atoms with Gasteiger partial charge in [-0.15, -0.1) is 6.58 Å². The minimum absolute atomic E-state index is 0.0293. The molecule has 8 heteroatoms. The standard InChI is InChI=1S/C19H38N2O5Si/c1-12-15(14-25-27(10,11)19(5,6)7)21(13-16(22)20(8)24-9)17(23)26-18(2,3)4/h12,15H,1,13-14H2,2-11H3. The third-order valence-corrected chi connectivity index (χ3v) is 9.15. The third-order valence-electron chi connectivity index (χ3n) is 4.65. The maximum absolute atomic E-state index is 12.7. The van der Waals surface area contributed by atoms with Crippen molar-refractivity contribution in [3.63, 3.8) is 0 Å². The molecule has 0 heterocycles. The first-order chi connectivity index (χ1) is 12.1. The highest BCUT2D eigenvalue weighted by Gasteiger charge is 2.38. The van der Waals surface area contributed by atoms with Crippen molar-refractivity contribution >= 4 is 20.3 Å². The summed E-state index contributed by atoms with van der Waals surface area (Å²) in [6.07, 6.45) is 1.01. The Labute approximate surface area is 165 Å². The molecular weight excluding hydrogens is 364 g/mol. The quantitative estimate of drug-likeness (QED) is 0.351. The number of amides is 2. The Morgan fingerprint density at radius 2 is 1.67 bits per heavy atom. The summed E-state index contributed by atoms with van der Waals surface area (Å²) in [6.45, 7) is 19.9. The van der Waals surface area contributed by atoms with Crippen LogP contribution in [-0.2, 0) is 18.8 Å². The average molecular weight is 403 g/mol. The van der Waals surface area contributed by atoms with Crippen LogP contribution in [0.2, 0.25) is 18.1 Å². The van der Waals surface area contributed by atoms with Gasteiger partial charge >= 0.3 is 6.09 Å². The maximum atomic E-state index is 12.7. The van der Waals surface area contributed by atoms with Crippen molar-refractivity contribution in [2.75, 3.05) is 27.3 Å². The minimum Gasteiger partial charge on any atom is -0.444 e. The molecule has 0 aliphatic rings. The van der Waals surface area contributed by atoms with E-state index in [1.165, 1.54) is 19.1 Å². The first-order valence-corrected chi connectivity index (χ1v) is 12.0. The zero-order valence-corrected chi connectivity index (χ0v) is 19.7. The van der Waals surface area contributed by atoms with E-state index >= 15 is 0 Å². The second-order valence-corrected chi connectivity index (χ2v) is 13.9. The van der Waals surface area contributed by atoms with Gasteiger partial charge in [-0.2, -0.15) is 0 Å². The summed E-state index contributed by atoms with van der Waals surface area (Å²) in [6, 6.07) is -0.497. The van der Waals surface area contributed by atoms with Crippen LogP contribution in [0.25, 0.3) is 0 Å². The molecule has 7 nitrogen and oxygen atoms in total. The van der Waals surface area contributed by atoms with E-state index in [-0.39, 0.29) is 24.1 Å². The Morgan fingerprint density at radius 3 is 2.04 bits per heavy atom. The van der Waals surface area contributed by atoms with Crippen LogP contribution in [-0.4, -0.2) is 69.2 Å². The fourth-order valence-corrected chi connectivity index (χ4v) is 2.80. The number of carbonyl (C=O) groups is 2. The fourth-order valence-electron chi connectivity index (χ4n) is 1.78. The molecule has 1 unspecified atom stereocenters. The molecule has 0 saturated carbocycles. The van der Waals surface area contributed by atoms with E-state index in [1.807, 2.05) is 0 Å². The van der Waals surface area contributed by atoms with Crippen LogP contribution in [0.3, 0.4) is 0 Å². The van der Waals surface area contributed by atoms with Gasteiger partial charge in [0.25, 0.3) is 5.91 Å². The molecule has 0 N–H and O–H groups in total. The number of ether oxygens (including phenoxy) is 1. The second kappa shape index (κ2) is 9.70. The van der Waals surface area contributed by atoms with Crippen molar-refractivity contribution in [3.05, 3.63) is 12.7 Å². The van der Waals surface area contributed by atoms with Gasteiger partial charge in [-0.05, 0) is 38.9 Å². The van der Waals surface area contributed by atoms with Crippen molar-refractivity contribution in [2.24, 2.45) is 0 Å². The highest BCUT2D eigenvalue weighted by molar-refractivity contribution is 6.74. The largest absolute Gasteiger partial charge is 0.444 e. The Hall–Kier alpha value is -1.38. The van der Waals surface area contributed by atoms with Gasteiger partial charge in [-0.3, -0.25) is 14.5 Å². The van der Waals surface area contributed by atoms with Crippen LogP contribution in [0.15, 0.2) is 12.7 Å². The molecular formula is C19H38N2O5Si. The molecule has 0 aromatic heterocycles. The lowest BCUT2D eigenvalue weighted by atomic mass is 10.2. The SMILES string of the molecule is C=CC(CO[Si](C)(C)C(C)(C)C)N(CC(=O)N(C)OC)C(=O)OC(C)(C)C. The fraction of sp³-hybridized carbons (Fsp3) is 0.789. The van der Waals surface area contributed by atoms with Crippen molar-refractivity contribution in [1.82, 2.24) is 9.96 Å². The normalized spacial score (nSPS) is 13.7. The number of hydroxylamine groups is 2.